The predicted octanol–water partition coefficient (Wildman–Crippen LogP) is 2.75. The smallest absolute Gasteiger partial charge is 0.358 e. The standard InChI is InChI=1S/C9H10ClN3O2/c1-2-9(13(14)15)12-11-8-5-3-7(10)4-6-8/h3-6,11H,2H2,1H3/b12-9+. The second kappa shape index (κ2) is 5.31. The van der Waals surface area contributed by atoms with E-state index in [1.807, 2.05) is 0 Å². The third-order valence-corrected chi connectivity index (χ3v) is 1.94. The van der Waals surface area contributed by atoms with Gasteiger partial charge in [-0.25, -0.2) is 0 Å². The zero-order valence-electron chi connectivity index (χ0n) is 8.11. The second-order valence-corrected chi connectivity index (χ2v) is 3.19. The van der Waals surface area contributed by atoms with E-state index in [-0.39, 0.29) is 12.3 Å². The highest BCUT2D eigenvalue weighted by molar-refractivity contribution is 6.30. The van der Waals surface area contributed by atoms with E-state index in [2.05, 4.69) is 10.5 Å². The SMILES string of the molecule is CC/C(=N\Nc1ccc(Cl)cc1)[N+](=O)[O-]. The van der Waals surface area contributed by atoms with Crippen LogP contribution in [0.1, 0.15) is 13.3 Å². The minimum Gasteiger partial charge on any atom is -0.358 e. The first-order valence-corrected chi connectivity index (χ1v) is 4.73. The van der Waals surface area contributed by atoms with Crippen LogP contribution >= 0.6 is 11.6 Å². The highest BCUT2D eigenvalue weighted by Crippen LogP contribution is 2.13. The van der Waals surface area contributed by atoms with Gasteiger partial charge in [0, 0.05) is 5.02 Å². The van der Waals surface area contributed by atoms with Gasteiger partial charge in [0.25, 0.3) is 0 Å². The number of amidine groups is 1. The molecule has 1 rings (SSSR count). The van der Waals surface area contributed by atoms with E-state index in [4.69, 9.17) is 11.6 Å². The Morgan fingerprint density at radius 3 is 2.60 bits per heavy atom. The van der Waals surface area contributed by atoms with Crippen molar-refractivity contribution in [3.8, 4) is 0 Å². The molecule has 0 radical (unpaired) electrons. The van der Waals surface area contributed by atoms with E-state index < -0.39 is 4.92 Å². The van der Waals surface area contributed by atoms with Gasteiger partial charge >= 0.3 is 5.84 Å². The quantitative estimate of drug-likeness (QED) is 0.374. The fraction of sp³-hybridized carbons (Fsp3) is 0.222. The maximum absolute atomic E-state index is 10.4. The molecule has 1 aromatic carbocycles. The van der Waals surface area contributed by atoms with Crippen LogP contribution in [0.15, 0.2) is 29.4 Å². The third-order valence-electron chi connectivity index (χ3n) is 1.69. The number of hydrogen-bond donors (Lipinski definition) is 1. The lowest BCUT2D eigenvalue weighted by molar-refractivity contribution is -0.353. The molecular formula is C9H10ClN3O2. The lowest BCUT2D eigenvalue weighted by Crippen LogP contribution is -2.12. The Kier molecular flexibility index (Phi) is 4.05. The number of nitrogens with one attached hydrogen (secondary N) is 1. The summed E-state index contributed by atoms with van der Waals surface area (Å²) in [4.78, 5) is 9.91. The molecule has 1 aromatic rings. The largest absolute Gasteiger partial charge is 0.363 e. The number of hydrogen-bond acceptors (Lipinski definition) is 4. The van der Waals surface area contributed by atoms with Crippen LogP contribution in [-0.4, -0.2) is 10.8 Å². The molecule has 5 nitrogen and oxygen atoms in total. The van der Waals surface area contributed by atoms with Gasteiger partial charge in [-0.05, 0) is 29.2 Å². The van der Waals surface area contributed by atoms with Crippen molar-refractivity contribution in [3.05, 3.63) is 39.4 Å². The fourth-order valence-electron chi connectivity index (χ4n) is 0.902. The van der Waals surface area contributed by atoms with Crippen LogP contribution in [0.3, 0.4) is 0 Å². The van der Waals surface area contributed by atoms with Crippen LogP contribution in [0, 0.1) is 10.1 Å². The predicted molar refractivity (Wildman–Crippen MR) is 59.8 cm³/mol. The molecule has 0 spiro atoms. The summed E-state index contributed by atoms with van der Waals surface area (Å²) in [5.74, 6) is -0.107. The van der Waals surface area contributed by atoms with Gasteiger partial charge in [0.2, 0.25) is 0 Å². The number of halogens is 1. The van der Waals surface area contributed by atoms with Gasteiger partial charge in [-0.3, -0.25) is 0 Å². The fourth-order valence-corrected chi connectivity index (χ4v) is 1.03. The van der Waals surface area contributed by atoms with Crippen LogP contribution in [-0.2, 0) is 0 Å². The summed E-state index contributed by atoms with van der Waals surface area (Å²) < 4.78 is 0. The van der Waals surface area contributed by atoms with Gasteiger partial charge in [-0.1, -0.05) is 18.5 Å². The number of rotatable bonds is 3. The first-order chi connectivity index (χ1) is 7.13. The molecule has 80 valence electrons. The highest BCUT2D eigenvalue weighted by Gasteiger charge is 2.08. The molecule has 0 saturated carbocycles. The van der Waals surface area contributed by atoms with E-state index in [1.54, 1.807) is 31.2 Å². The lowest BCUT2D eigenvalue weighted by atomic mass is 10.3. The summed E-state index contributed by atoms with van der Waals surface area (Å²) in [5.41, 5.74) is 3.25. The average Bonchev–Trinajstić information content (AvgIpc) is 2.21. The topological polar surface area (TPSA) is 67.5 Å². The molecule has 15 heavy (non-hydrogen) atoms. The summed E-state index contributed by atoms with van der Waals surface area (Å²) >= 11 is 5.68. The van der Waals surface area contributed by atoms with E-state index in [1.165, 1.54) is 0 Å². The van der Waals surface area contributed by atoms with Crippen molar-refractivity contribution < 1.29 is 4.92 Å². The molecule has 1 N–H and O–H groups in total. The van der Waals surface area contributed by atoms with Crippen molar-refractivity contribution in [3.63, 3.8) is 0 Å². The van der Waals surface area contributed by atoms with E-state index >= 15 is 0 Å². The number of benzene rings is 1. The minimum absolute atomic E-state index is 0.107. The molecule has 0 atom stereocenters. The van der Waals surface area contributed by atoms with Gasteiger partial charge in [-0.15, -0.1) is 0 Å². The zero-order chi connectivity index (χ0) is 11.3. The maximum Gasteiger partial charge on any atom is 0.363 e. The molecule has 0 fully saturated rings. The van der Waals surface area contributed by atoms with E-state index in [9.17, 15) is 10.1 Å². The van der Waals surface area contributed by atoms with Gasteiger partial charge in [0.1, 0.15) is 0 Å². The van der Waals surface area contributed by atoms with Gasteiger partial charge < -0.3 is 10.1 Å². The van der Waals surface area contributed by atoms with Crippen molar-refractivity contribution in [2.75, 3.05) is 5.43 Å². The molecule has 0 bridgehead atoms. The van der Waals surface area contributed by atoms with Crippen LogP contribution in [0.25, 0.3) is 0 Å². The molecule has 0 aliphatic heterocycles. The van der Waals surface area contributed by atoms with Crippen molar-refractivity contribution in [1.29, 1.82) is 0 Å². The Balaban J connectivity index is 2.70. The molecular weight excluding hydrogens is 218 g/mol. The molecule has 0 aliphatic carbocycles. The van der Waals surface area contributed by atoms with Gasteiger partial charge in [0.05, 0.1) is 17.2 Å². The maximum atomic E-state index is 10.4. The van der Waals surface area contributed by atoms with Crippen molar-refractivity contribution in [2.45, 2.75) is 13.3 Å². The van der Waals surface area contributed by atoms with Gasteiger partial charge in [0.15, 0.2) is 0 Å². The van der Waals surface area contributed by atoms with Gasteiger partial charge in [-0.2, -0.15) is 5.43 Å². The van der Waals surface area contributed by atoms with Crippen LogP contribution < -0.4 is 5.43 Å². The third kappa shape index (κ3) is 3.55. The zero-order valence-corrected chi connectivity index (χ0v) is 8.86. The Labute approximate surface area is 91.9 Å². The monoisotopic (exact) mass is 227 g/mol. The number of nitrogens with zero attached hydrogens (tertiary/aromatic N) is 2. The first kappa shape index (κ1) is 11.5. The Morgan fingerprint density at radius 2 is 2.13 bits per heavy atom. The molecule has 0 amide bonds. The normalized spacial score (nSPS) is 11.2. The lowest BCUT2D eigenvalue weighted by Gasteiger charge is -1.97. The van der Waals surface area contributed by atoms with Crippen LogP contribution in [0.4, 0.5) is 5.69 Å². The number of anilines is 1. The summed E-state index contributed by atoms with van der Waals surface area (Å²) in [6.45, 7) is 1.67. The molecule has 0 saturated heterocycles. The molecule has 0 unspecified atom stereocenters. The number of hydrazone groups is 1. The summed E-state index contributed by atoms with van der Waals surface area (Å²) in [7, 11) is 0. The van der Waals surface area contributed by atoms with E-state index in [0.29, 0.717) is 10.7 Å². The highest BCUT2D eigenvalue weighted by atomic mass is 35.5. The Hall–Kier alpha value is -1.62. The van der Waals surface area contributed by atoms with Crippen LogP contribution in [0.2, 0.25) is 5.02 Å². The summed E-state index contributed by atoms with van der Waals surface area (Å²) in [6.07, 6.45) is 0.271. The average molecular weight is 228 g/mol. The second-order valence-electron chi connectivity index (χ2n) is 2.76. The first-order valence-electron chi connectivity index (χ1n) is 4.36. The Morgan fingerprint density at radius 1 is 1.53 bits per heavy atom. The van der Waals surface area contributed by atoms with E-state index in [0.717, 1.165) is 0 Å². The summed E-state index contributed by atoms with van der Waals surface area (Å²) in [5, 5.41) is 14.7. The Bertz CT molecular complexity index is 375. The van der Waals surface area contributed by atoms with Crippen molar-refractivity contribution in [1.82, 2.24) is 0 Å². The summed E-state index contributed by atoms with van der Waals surface area (Å²) in [6, 6.07) is 6.74. The van der Waals surface area contributed by atoms with Crippen molar-refractivity contribution in [2.24, 2.45) is 5.10 Å². The van der Waals surface area contributed by atoms with Crippen LogP contribution in [0.5, 0.6) is 0 Å². The molecule has 0 aromatic heterocycles. The molecule has 0 aliphatic rings. The molecule has 6 heteroatoms. The minimum atomic E-state index is -0.511. The number of nitro groups is 1. The molecule has 0 heterocycles. The van der Waals surface area contributed by atoms with Crippen molar-refractivity contribution >= 4 is 23.1 Å².